The molecule has 3 atom stereocenters. The third kappa shape index (κ3) is 2.53. The molecule has 17 heavy (non-hydrogen) atoms. The molecule has 2 nitrogen and oxygen atoms in total. The van der Waals surface area contributed by atoms with Crippen molar-refractivity contribution in [3.63, 3.8) is 0 Å². The van der Waals surface area contributed by atoms with Gasteiger partial charge in [0, 0.05) is 12.1 Å². The lowest BCUT2D eigenvalue weighted by molar-refractivity contribution is -0.0734. The second-order valence-corrected chi connectivity index (χ2v) is 5.46. The average Bonchev–Trinajstić information content (AvgIpc) is 2.33. The van der Waals surface area contributed by atoms with Crippen LogP contribution in [0.2, 0.25) is 0 Å². The standard InChI is InChI=1S/C15H23NO/c1-12(14-8-5-4-6-9-14)16-11-7-10-15(3,17)13(16)2/h4-6,8-9,12-13,17H,7,10-11H2,1-3H3/t12-,13-,15+/m1/s1. The SMILES string of the molecule is C[C@H](c1ccccc1)N1CCC[C@](C)(O)[C@H]1C. The zero-order chi connectivity index (χ0) is 12.5. The summed E-state index contributed by atoms with van der Waals surface area (Å²) >= 11 is 0. The van der Waals surface area contributed by atoms with Gasteiger partial charge in [0.05, 0.1) is 5.60 Å². The highest BCUT2D eigenvalue weighted by Gasteiger charge is 2.38. The Bertz CT molecular complexity index is 360. The molecule has 1 aliphatic rings. The van der Waals surface area contributed by atoms with Gasteiger partial charge in [0.1, 0.15) is 0 Å². The summed E-state index contributed by atoms with van der Waals surface area (Å²) in [5, 5.41) is 10.4. The maximum Gasteiger partial charge on any atom is 0.0772 e. The minimum atomic E-state index is -0.554. The molecule has 2 rings (SSSR count). The van der Waals surface area contributed by atoms with E-state index in [0.29, 0.717) is 6.04 Å². The van der Waals surface area contributed by atoms with Crippen LogP contribution in [0.1, 0.15) is 45.2 Å². The molecule has 0 aromatic heterocycles. The quantitative estimate of drug-likeness (QED) is 0.849. The van der Waals surface area contributed by atoms with Crippen molar-refractivity contribution in [2.24, 2.45) is 0 Å². The van der Waals surface area contributed by atoms with Crippen LogP contribution in [-0.4, -0.2) is 28.2 Å². The fourth-order valence-electron chi connectivity index (χ4n) is 2.83. The Morgan fingerprint density at radius 2 is 2.00 bits per heavy atom. The topological polar surface area (TPSA) is 23.5 Å². The van der Waals surface area contributed by atoms with Gasteiger partial charge in [-0.1, -0.05) is 30.3 Å². The van der Waals surface area contributed by atoms with Crippen molar-refractivity contribution in [2.45, 2.75) is 51.3 Å². The molecule has 1 N–H and O–H groups in total. The summed E-state index contributed by atoms with van der Waals surface area (Å²) in [5.41, 5.74) is 0.776. The van der Waals surface area contributed by atoms with Gasteiger partial charge in [-0.2, -0.15) is 0 Å². The Morgan fingerprint density at radius 1 is 1.35 bits per heavy atom. The van der Waals surface area contributed by atoms with Crippen LogP contribution in [-0.2, 0) is 0 Å². The minimum Gasteiger partial charge on any atom is -0.389 e. The molecule has 0 radical (unpaired) electrons. The Balaban J connectivity index is 2.17. The Morgan fingerprint density at radius 3 is 2.65 bits per heavy atom. The van der Waals surface area contributed by atoms with Crippen LogP contribution in [0.25, 0.3) is 0 Å². The van der Waals surface area contributed by atoms with Crippen molar-refractivity contribution in [2.75, 3.05) is 6.54 Å². The van der Waals surface area contributed by atoms with Gasteiger partial charge in [-0.25, -0.2) is 0 Å². The first-order valence-corrected chi connectivity index (χ1v) is 6.55. The molecule has 0 bridgehead atoms. The first kappa shape index (κ1) is 12.6. The molecule has 0 saturated carbocycles. The zero-order valence-electron chi connectivity index (χ0n) is 11.1. The van der Waals surface area contributed by atoms with Gasteiger partial charge in [0.25, 0.3) is 0 Å². The number of hydrogen-bond donors (Lipinski definition) is 1. The fraction of sp³-hybridized carbons (Fsp3) is 0.600. The number of benzene rings is 1. The van der Waals surface area contributed by atoms with Crippen LogP contribution >= 0.6 is 0 Å². The molecule has 1 aliphatic heterocycles. The molecule has 94 valence electrons. The number of likely N-dealkylation sites (tertiary alicyclic amines) is 1. The van der Waals surface area contributed by atoms with Gasteiger partial charge in [0.2, 0.25) is 0 Å². The van der Waals surface area contributed by atoms with E-state index in [1.54, 1.807) is 0 Å². The molecular formula is C15H23NO. The first-order valence-electron chi connectivity index (χ1n) is 6.55. The van der Waals surface area contributed by atoms with Crippen LogP contribution in [0.15, 0.2) is 30.3 Å². The van der Waals surface area contributed by atoms with Crippen molar-refractivity contribution in [3.8, 4) is 0 Å². The van der Waals surface area contributed by atoms with E-state index in [1.165, 1.54) is 5.56 Å². The molecule has 0 unspecified atom stereocenters. The highest BCUT2D eigenvalue weighted by atomic mass is 16.3. The van der Waals surface area contributed by atoms with E-state index >= 15 is 0 Å². The third-order valence-electron chi connectivity index (χ3n) is 4.28. The number of hydrogen-bond acceptors (Lipinski definition) is 2. The number of nitrogens with zero attached hydrogens (tertiary/aromatic N) is 1. The Hall–Kier alpha value is -0.860. The summed E-state index contributed by atoms with van der Waals surface area (Å²) in [7, 11) is 0. The summed E-state index contributed by atoms with van der Waals surface area (Å²) in [6, 6.07) is 11.1. The number of piperidine rings is 1. The lowest BCUT2D eigenvalue weighted by Crippen LogP contribution is -2.54. The molecule has 0 spiro atoms. The van der Waals surface area contributed by atoms with Crippen LogP contribution < -0.4 is 0 Å². The number of aliphatic hydroxyl groups is 1. The lowest BCUT2D eigenvalue weighted by atomic mass is 9.85. The van der Waals surface area contributed by atoms with E-state index in [-0.39, 0.29) is 6.04 Å². The third-order valence-corrected chi connectivity index (χ3v) is 4.28. The van der Waals surface area contributed by atoms with Crippen LogP contribution in [0.4, 0.5) is 0 Å². The molecule has 1 fully saturated rings. The highest BCUT2D eigenvalue weighted by molar-refractivity contribution is 5.19. The molecule has 0 aliphatic carbocycles. The Labute approximate surface area is 104 Å². The van der Waals surface area contributed by atoms with Crippen molar-refractivity contribution in [1.82, 2.24) is 4.90 Å². The molecule has 0 amide bonds. The molecule has 1 saturated heterocycles. The smallest absolute Gasteiger partial charge is 0.0772 e. The summed E-state index contributed by atoms with van der Waals surface area (Å²) in [5.74, 6) is 0. The van der Waals surface area contributed by atoms with Gasteiger partial charge in [-0.15, -0.1) is 0 Å². The predicted octanol–water partition coefficient (Wildman–Crippen LogP) is 2.98. The van der Waals surface area contributed by atoms with Crippen LogP contribution in [0.5, 0.6) is 0 Å². The molecule has 1 aromatic rings. The molecule has 1 heterocycles. The van der Waals surface area contributed by atoms with E-state index in [2.05, 4.69) is 43.0 Å². The monoisotopic (exact) mass is 233 g/mol. The average molecular weight is 233 g/mol. The lowest BCUT2D eigenvalue weighted by Gasteiger charge is -2.46. The van der Waals surface area contributed by atoms with Crippen molar-refractivity contribution in [1.29, 1.82) is 0 Å². The van der Waals surface area contributed by atoms with Crippen molar-refractivity contribution in [3.05, 3.63) is 35.9 Å². The summed E-state index contributed by atoms with van der Waals surface area (Å²) in [4.78, 5) is 2.42. The molecule has 2 heteroatoms. The van der Waals surface area contributed by atoms with E-state index in [9.17, 15) is 5.11 Å². The van der Waals surface area contributed by atoms with Gasteiger partial charge >= 0.3 is 0 Å². The van der Waals surface area contributed by atoms with Crippen LogP contribution in [0, 0.1) is 0 Å². The van der Waals surface area contributed by atoms with Gasteiger partial charge < -0.3 is 5.11 Å². The molecule has 1 aromatic carbocycles. The minimum absolute atomic E-state index is 0.214. The number of rotatable bonds is 2. The van der Waals surface area contributed by atoms with E-state index in [1.807, 2.05) is 13.0 Å². The Kier molecular flexibility index (Phi) is 3.55. The second kappa shape index (κ2) is 4.79. The van der Waals surface area contributed by atoms with E-state index < -0.39 is 5.60 Å². The summed E-state index contributed by atoms with van der Waals surface area (Å²) < 4.78 is 0. The predicted molar refractivity (Wildman–Crippen MR) is 70.9 cm³/mol. The van der Waals surface area contributed by atoms with Crippen molar-refractivity contribution >= 4 is 0 Å². The normalized spacial score (nSPS) is 32.4. The van der Waals surface area contributed by atoms with Gasteiger partial charge in [-0.3, -0.25) is 4.90 Å². The van der Waals surface area contributed by atoms with Gasteiger partial charge in [0.15, 0.2) is 0 Å². The second-order valence-electron chi connectivity index (χ2n) is 5.46. The largest absolute Gasteiger partial charge is 0.389 e. The highest BCUT2D eigenvalue weighted by Crippen LogP contribution is 2.33. The summed E-state index contributed by atoms with van der Waals surface area (Å²) in [6.07, 6.45) is 1.99. The first-order chi connectivity index (χ1) is 8.02. The summed E-state index contributed by atoms with van der Waals surface area (Å²) in [6.45, 7) is 7.40. The van der Waals surface area contributed by atoms with E-state index in [4.69, 9.17) is 0 Å². The van der Waals surface area contributed by atoms with Gasteiger partial charge in [-0.05, 0) is 45.7 Å². The zero-order valence-corrected chi connectivity index (χ0v) is 11.1. The van der Waals surface area contributed by atoms with Crippen LogP contribution in [0.3, 0.4) is 0 Å². The fourth-order valence-corrected chi connectivity index (χ4v) is 2.83. The maximum atomic E-state index is 10.4. The molecular weight excluding hydrogens is 210 g/mol. The van der Waals surface area contributed by atoms with Crippen molar-refractivity contribution < 1.29 is 5.11 Å². The van der Waals surface area contributed by atoms with E-state index in [0.717, 1.165) is 19.4 Å². The maximum absolute atomic E-state index is 10.4.